The van der Waals surface area contributed by atoms with Gasteiger partial charge in [0, 0.05) is 29.4 Å². The molecule has 0 radical (unpaired) electrons. The fourth-order valence-electron chi connectivity index (χ4n) is 2.90. The highest BCUT2D eigenvalue weighted by Gasteiger charge is 2.14. The van der Waals surface area contributed by atoms with Gasteiger partial charge < -0.3 is 9.84 Å². The number of pyridine rings is 2. The Hall–Kier alpha value is -3.54. The molecule has 0 fully saturated rings. The normalized spacial score (nSPS) is 10.9. The van der Waals surface area contributed by atoms with Crippen LogP contribution in [0.4, 0.5) is 0 Å². The first-order valence-electron chi connectivity index (χ1n) is 8.77. The number of amides is 1. The summed E-state index contributed by atoms with van der Waals surface area (Å²) in [6.07, 6.45) is 4.21. The van der Waals surface area contributed by atoms with Crippen molar-refractivity contribution < 1.29 is 9.32 Å². The molecule has 0 aliphatic rings. The summed E-state index contributed by atoms with van der Waals surface area (Å²) in [6, 6.07) is 15.0. The van der Waals surface area contributed by atoms with Gasteiger partial charge in [0.05, 0.1) is 29.0 Å². The van der Waals surface area contributed by atoms with E-state index in [0.29, 0.717) is 11.3 Å². The fraction of sp³-hybridized carbons (Fsp3) is 0.143. The molecule has 4 aromatic rings. The molecule has 0 atom stereocenters. The molecule has 1 N–H and O–H groups in total. The highest BCUT2D eigenvalue weighted by molar-refractivity contribution is 6.07. The summed E-state index contributed by atoms with van der Waals surface area (Å²) in [5, 5.41) is 7.66. The van der Waals surface area contributed by atoms with E-state index in [4.69, 9.17) is 4.52 Å². The van der Waals surface area contributed by atoms with Gasteiger partial charge in [0.25, 0.3) is 5.91 Å². The van der Waals surface area contributed by atoms with E-state index >= 15 is 0 Å². The Kier molecular flexibility index (Phi) is 4.61. The minimum Gasteiger partial charge on any atom is -0.359 e. The zero-order valence-electron chi connectivity index (χ0n) is 14.8. The molecule has 1 aromatic carbocycles. The molecule has 0 aliphatic heterocycles. The quantitative estimate of drug-likeness (QED) is 0.587. The average Bonchev–Trinajstić information content (AvgIpc) is 3.20. The number of para-hydroxylation sites is 1. The number of fused-ring (bicyclic) bond motifs is 1. The van der Waals surface area contributed by atoms with E-state index in [-0.39, 0.29) is 12.5 Å². The van der Waals surface area contributed by atoms with Crippen LogP contribution in [0, 0.1) is 0 Å². The van der Waals surface area contributed by atoms with Gasteiger partial charge in [0.2, 0.25) is 0 Å². The summed E-state index contributed by atoms with van der Waals surface area (Å²) in [5.41, 5.74) is 3.85. The van der Waals surface area contributed by atoms with Gasteiger partial charge in [0.1, 0.15) is 0 Å². The second-order valence-corrected chi connectivity index (χ2v) is 6.13. The molecule has 3 aromatic heterocycles. The van der Waals surface area contributed by atoms with Crippen LogP contribution in [0.1, 0.15) is 28.7 Å². The highest BCUT2D eigenvalue weighted by Crippen LogP contribution is 2.24. The van der Waals surface area contributed by atoms with Gasteiger partial charge in [0.15, 0.2) is 5.76 Å². The predicted molar refractivity (Wildman–Crippen MR) is 102 cm³/mol. The van der Waals surface area contributed by atoms with Crippen LogP contribution >= 0.6 is 0 Å². The lowest BCUT2D eigenvalue weighted by Gasteiger charge is -2.10. The van der Waals surface area contributed by atoms with Crippen LogP contribution in [0.15, 0.2) is 65.4 Å². The molecule has 0 spiro atoms. The summed E-state index contributed by atoms with van der Waals surface area (Å²) in [6.45, 7) is 2.29. The molecule has 0 bridgehead atoms. The molecule has 27 heavy (non-hydrogen) atoms. The van der Waals surface area contributed by atoms with Crippen LogP contribution in [0.2, 0.25) is 0 Å². The van der Waals surface area contributed by atoms with Crippen molar-refractivity contribution >= 4 is 16.8 Å². The number of benzene rings is 1. The summed E-state index contributed by atoms with van der Waals surface area (Å²) in [5.74, 6) is 0.450. The lowest BCUT2D eigenvalue weighted by molar-refractivity contribution is 0.0948. The molecule has 6 heteroatoms. The summed E-state index contributed by atoms with van der Waals surface area (Å²) >= 11 is 0. The number of hydrogen-bond acceptors (Lipinski definition) is 5. The van der Waals surface area contributed by atoms with Gasteiger partial charge in [-0.05, 0) is 30.7 Å². The standard InChI is InChI=1S/C21H18N4O2/c1-2-15-11-16(27-25-15)13-23-21(26)18-12-20(14-7-9-22-10-8-14)24-19-6-4-3-5-17(18)19/h3-12H,2,13H2,1H3,(H,23,26). The molecule has 0 unspecified atom stereocenters. The molecule has 0 saturated carbocycles. The lowest BCUT2D eigenvalue weighted by atomic mass is 10.0. The third-order valence-corrected chi connectivity index (χ3v) is 4.33. The van der Waals surface area contributed by atoms with E-state index in [1.165, 1.54) is 0 Å². The zero-order chi connectivity index (χ0) is 18.6. The number of carbonyl (C=O) groups excluding carboxylic acids is 1. The van der Waals surface area contributed by atoms with Crippen molar-refractivity contribution in [2.75, 3.05) is 0 Å². The van der Waals surface area contributed by atoms with Crippen LogP contribution in [-0.2, 0) is 13.0 Å². The number of nitrogens with zero attached hydrogens (tertiary/aromatic N) is 3. The van der Waals surface area contributed by atoms with Crippen molar-refractivity contribution in [3.63, 3.8) is 0 Å². The third-order valence-electron chi connectivity index (χ3n) is 4.33. The van der Waals surface area contributed by atoms with Crippen LogP contribution in [-0.4, -0.2) is 21.0 Å². The summed E-state index contributed by atoms with van der Waals surface area (Å²) < 4.78 is 5.24. The van der Waals surface area contributed by atoms with Gasteiger partial charge in [-0.25, -0.2) is 4.98 Å². The van der Waals surface area contributed by atoms with E-state index in [1.807, 2.05) is 55.5 Å². The maximum Gasteiger partial charge on any atom is 0.252 e. The maximum absolute atomic E-state index is 12.9. The average molecular weight is 358 g/mol. The first-order valence-corrected chi connectivity index (χ1v) is 8.77. The van der Waals surface area contributed by atoms with Crippen molar-refractivity contribution in [3.05, 3.63) is 77.9 Å². The van der Waals surface area contributed by atoms with Crippen molar-refractivity contribution in [2.24, 2.45) is 0 Å². The Labute approximate surface area is 156 Å². The minimum absolute atomic E-state index is 0.182. The zero-order valence-corrected chi connectivity index (χ0v) is 14.8. The topological polar surface area (TPSA) is 80.9 Å². The molecular weight excluding hydrogens is 340 g/mol. The second-order valence-electron chi connectivity index (χ2n) is 6.13. The Morgan fingerprint density at radius 1 is 1.11 bits per heavy atom. The minimum atomic E-state index is -0.182. The molecule has 134 valence electrons. The highest BCUT2D eigenvalue weighted by atomic mass is 16.5. The van der Waals surface area contributed by atoms with Gasteiger partial charge in [-0.2, -0.15) is 0 Å². The van der Waals surface area contributed by atoms with Gasteiger partial charge in [-0.15, -0.1) is 0 Å². The molecule has 4 rings (SSSR count). The summed E-state index contributed by atoms with van der Waals surface area (Å²) in [7, 11) is 0. The Morgan fingerprint density at radius 3 is 2.70 bits per heavy atom. The van der Waals surface area contributed by atoms with Crippen LogP contribution < -0.4 is 5.32 Å². The number of aromatic nitrogens is 3. The van der Waals surface area contributed by atoms with E-state index in [2.05, 4.69) is 20.4 Å². The molecule has 6 nitrogen and oxygen atoms in total. The number of aryl methyl sites for hydroxylation is 1. The smallest absolute Gasteiger partial charge is 0.252 e. The first-order chi connectivity index (χ1) is 13.2. The van der Waals surface area contributed by atoms with Gasteiger partial charge >= 0.3 is 0 Å². The summed E-state index contributed by atoms with van der Waals surface area (Å²) in [4.78, 5) is 21.6. The van der Waals surface area contributed by atoms with E-state index < -0.39 is 0 Å². The molecule has 3 heterocycles. The fourth-order valence-corrected chi connectivity index (χ4v) is 2.90. The molecule has 0 aliphatic carbocycles. The van der Waals surface area contributed by atoms with E-state index in [0.717, 1.165) is 34.3 Å². The predicted octanol–water partition coefficient (Wildman–Crippen LogP) is 3.78. The van der Waals surface area contributed by atoms with Crippen molar-refractivity contribution in [3.8, 4) is 11.3 Å². The Morgan fingerprint density at radius 2 is 1.93 bits per heavy atom. The van der Waals surface area contributed by atoms with Crippen molar-refractivity contribution in [2.45, 2.75) is 19.9 Å². The maximum atomic E-state index is 12.9. The number of carbonyl (C=O) groups is 1. The molecular formula is C21H18N4O2. The van der Waals surface area contributed by atoms with Crippen LogP contribution in [0.5, 0.6) is 0 Å². The SMILES string of the molecule is CCc1cc(CNC(=O)c2cc(-c3ccncc3)nc3ccccc23)on1. The van der Waals surface area contributed by atoms with E-state index in [9.17, 15) is 4.79 Å². The molecule has 1 amide bonds. The number of rotatable bonds is 5. The van der Waals surface area contributed by atoms with Crippen molar-refractivity contribution in [1.82, 2.24) is 20.4 Å². The van der Waals surface area contributed by atoms with Gasteiger partial charge in [-0.1, -0.05) is 30.3 Å². The van der Waals surface area contributed by atoms with Crippen LogP contribution in [0.3, 0.4) is 0 Å². The number of nitrogens with one attached hydrogen (secondary N) is 1. The van der Waals surface area contributed by atoms with E-state index in [1.54, 1.807) is 12.4 Å². The monoisotopic (exact) mass is 358 g/mol. The van der Waals surface area contributed by atoms with Crippen molar-refractivity contribution in [1.29, 1.82) is 0 Å². The number of hydrogen-bond donors (Lipinski definition) is 1. The molecule has 0 saturated heterocycles. The lowest BCUT2D eigenvalue weighted by Crippen LogP contribution is -2.23. The van der Waals surface area contributed by atoms with Gasteiger partial charge in [-0.3, -0.25) is 9.78 Å². The Balaban J connectivity index is 1.67. The largest absolute Gasteiger partial charge is 0.359 e. The first kappa shape index (κ1) is 16.9. The second kappa shape index (κ2) is 7.37. The van der Waals surface area contributed by atoms with Crippen LogP contribution in [0.25, 0.3) is 22.2 Å². The third kappa shape index (κ3) is 3.55. The Bertz CT molecular complexity index is 1090.